The van der Waals surface area contributed by atoms with E-state index in [0.29, 0.717) is 5.13 Å². The zero-order chi connectivity index (χ0) is 12.6. The van der Waals surface area contributed by atoms with E-state index in [1.54, 1.807) is 5.51 Å². The second-order valence-electron chi connectivity index (χ2n) is 4.29. The number of halogens is 1. The summed E-state index contributed by atoms with van der Waals surface area (Å²) >= 11 is 4.73. The minimum Gasteiger partial charge on any atom is -0.300 e. The molecule has 1 amide bonds. The van der Waals surface area contributed by atoms with E-state index in [2.05, 4.69) is 31.4 Å². The molecule has 2 aromatic rings. The summed E-state index contributed by atoms with van der Waals surface area (Å²) in [6.07, 6.45) is 1.78. The third kappa shape index (κ3) is 2.06. The number of aromatic nitrogens is 2. The van der Waals surface area contributed by atoms with Gasteiger partial charge in [0, 0.05) is 4.47 Å². The van der Waals surface area contributed by atoms with Gasteiger partial charge in [0.1, 0.15) is 5.51 Å². The summed E-state index contributed by atoms with van der Waals surface area (Å²) in [4.78, 5) is 12.3. The second-order valence-corrected chi connectivity index (χ2v) is 6.04. The van der Waals surface area contributed by atoms with E-state index in [1.807, 2.05) is 24.3 Å². The van der Waals surface area contributed by atoms with Gasteiger partial charge in [0.2, 0.25) is 11.0 Å². The number of anilines is 1. The van der Waals surface area contributed by atoms with E-state index in [9.17, 15) is 4.79 Å². The van der Waals surface area contributed by atoms with Gasteiger partial charge in [-0.1, -0.05) is 39.4 Å². The maximum absolute atomic E-state index is 12.3. The molecule has 3 rings (SSSR count). The summed E-state index contributed by atoms with van der Waals surface area (Å²) < 4.78 is 1.02. The molecule has 1 heterocycles. The largest absolute Gasteiger partial charge is 0.300 e. The molecule has 0 radical (unpaired) electrons. The van der Waals surface area contributed by atoms with Crippen molar-refractivity contribution in [3.8, 4) is 0 Å². The van der Waals surface area contributed by atoms with Crippen LogP contribution in [-0.4, -0.2) is 16.1 Å². The molecule has 0 spiro atoms. The van der Waals surface area contributed by atoms with Crippen LogP contribution in [0, 0.1) is 0 Å². The zero-order valence-electron chi connectivity index (χ0n) is 9.39. The van der Waals surface area contributed by atoms with Crippen molar-refractivity contribution in [2.75, 3.05) is 5.32 Å². The number of carbonyl (C=O) groups excluding carboxylic acids is 1. The molecule has 0 aliphatic heterocycles. The highest BCUT2D eigenvalue weighted by Gasteiger charge is 2.51. The Kier molecular flexibility index (Phi) is 2.91. The fraction of sp³-hybridized carbons (Fsp3) is 0.250. The van der Waals surface area contributed by atoms with Crippen molar-refractivity contribution in [3.05, 3.63) is 39.8 Å². The number of nitrogens with zero attached hydrogens (tertiary/aromatic N) is 2. The molecule has 92 valence electrons. The van der Waals surface area contributed by atoms with Crippen LogP contribution in [0.4, 0.5) is 5.13 Å². The zero-order valence-corrected chi connectivity index (χ0v) is 11.8. The van der Waals surface area contributed by atoms with E-state index >= 15 is 0 Å². The summed E-state index contributed by atoms with van der Waals surface area (Å²) in [7, 11) is 0. The van der Waals surface area contributed by atoms with Crippen LogP contribution >= 0.6 is 27.3 Å². The van der Waals surface area contributed by atoms with Crippen LogP contribution in [0.1, 0.15) is 18.4 Å². The summed E-state index contributed by atoms with van der Waals surface area (Å²) in [5.74, 6) is 0.0153. The maximum Gasteiger partial charge on any atom is 0.236 e. The van der Waals surface area contributed by atoms with Gasteiger partial charge in [0.05, 0.1) is 5.41 Å². The van der Waals surface area contributed by atoms with Crippen molar-refractivity contribution in [3.63, 3.8) is 0 Å². The number of rotatable bonds is 3. The first-order chi connectivity index (χ1) is 8.71. The number of carbonyl (C=O) groups is 1. The minimum atomic E-state index is -0.369. The van der Waals surface area contributed by atoms with Crippen LogP contribution in [0.2, 0.25) is 0 Å². The number of nitrogens with one attached hydrogen (secondary N) is 1. The molecule has 1 aliphatic rings. The predicted octanol–water partition coefficient (Wildman–Crippen LogP) is 2.97. The fourth-order valence-electron chi connectivity index (χ4n) is 1.99. The summed E-state index contributed by atoms with van der Waals surface area (Å²) in [5, 5.41) is 10.9. The fourth-order valence-corrected chi connectivity index (χ4v) is 2.69. The van der Waals surface area contributed by atoms with Gasteiger partial charge in [-0.2, -0.15) is 0 Å². The number of benzene rings is 1. The molecule has 0 atom stereocenters. The Labute approximate surface area is 117 Å². The molecule has 18 heavy (non-hydrogen) atoms. The van der Waals surface area contributed by atoms with Gasteiger partial charge in [-0.3, -0.25) is 10.1 Å². The highest BCUT2D eigenvalue weighted by molar-refractivity contribution is 9.10. The molecule has 1 N–H and O–H groups in total. The normalized spacial score (nSPS) is 16.3. The van der Waals surface area contributed by atoms with Crippen LogP contribution in [0.25, 0.3) is 0 Å². The van der Waals surface area contributed by atoms with Crippen LogP contribution in [0.15, 0.2) is 34.2 Å². The first kappa shape index (κ1) is 11.8. The average Bonchev–Trinajstić information content (AvgIpc) is 3.03. The lowest BCUT2D eigenvalue weighted by atomic mass is 9.95. The molecule has 1 aliphatic carbocycles. The van der Waals surface area contributed by atoms with Gasteiger partial charge in [-0.05, 0) is 30.5 Å². The van der Waals surface area contributed by atoms with Gasteiger partial charge in [-0.15, -0.1) is 10.2 Å². The van der Waals surface area contributed by atoms with Crippen molar-refractivity contribution in [2.24, 2.45) is 0 Å². The Hall–Kier alpha value is -1.27. The Morgan fingerprint density at radius 1 is 1.33 bits per heavy atom. The Morgan fingerprint density at radius 2 is 2.06 bits per heavy atom. The highest BCUT2D eigenvalue weighted by Crippen LogP contribution is 2.49. The van der Waals surface area contributed by atoms with Gasteiger partial charge in [-0.25, -0.2) is 0 Å². The van der Waals surface area contributed by atoms with Crippen molar-refractivity contribution in [1.82, 2.24) is 10.2 Å². The van der Waals surface area contributed by atoms with Gasteiger partial charge >= 0.3 is 0 Å². The van der Waals surface area contributed by atoms with Crippen molar-refractivity contribution < 1.29 is 4.79 Å². The minimum absolute atomic E-state index is 0.0153. The molecular weight excluding hydrogens is 314 g/mol. The first-order valence-electron chi connectivity index (χ1n) is 5.54. The van der Waals surface area contributed by atoms with Gasteiger partial charge < -0.3 is 0 Å². The third-order valence-electron chi connectivity index (χ3n) is 3.16. The van der Waals surface area contributed by atoms with Crippen LogP contribution < -0.4 is 5.32 Å². The lowest BCUT2D eigenvalue weighted by molar-refractivity contribution is -0.118. The SMILES string of the molecule is O=C(Nc1nncs1)C1(c2ccc(Br)cc2)CC1. The van der Waals surface area contributed by atoms with E-state index in [0.717, 1.165) is 22.9 Å². The first-order valence-corrected chi connectivity index (χ1v) is 7.22. The molecule has 1 aromatic heterocycles. The van der Waals surface area contributed by atoms with E-state index < -0.39 is 0 Å². The van der Waals surface area contributed by atoms with Crippen molar-refractivity contribution in [1.29, 1.82) is 0 Å². The number of hydrogen-bond acceptors (Lipinski definition) is 4. The molecule has 1 saturated carbocycles. The van der Waals surface area contributed by atoms with Crippen LogP contribution in [0.3, 0.4) is 0 Å². The van der Waals surface area contributed by atoms with Gasteiger partial charge in [0.25, 0.3) is 0 Å². The average molecular weight is 324 g/mol. The number of hydrogen-bond donors (Lipinski definition) is 1. The maximum atomic E-state index is 12.3. The predicted molar refractivity (Wildman–Crippen MR) is 73.6 cm³/mol. The standard InChI is InChI=1S/C12H10BrN3OS/c13-9-3-1-8(2-4-9)12(5-6-12)10(17)15-11-16-14-7-18-11/h1-4,7H,5-6H2,(H,15,16,17). The van der Waals surface area contributed by atoms with E-state index in [1.165, 1.54) is 11.3 Å². The van der Waals surface area contributed by atoms with Crippen molar-refractivity contribution >= 4 is 38.3 Å². The highest BCUT2D eigenvalue weighted by atomic mass is 79.9. The number of amides is 1. The summed E-state index contributed by atoms with van der Waals surface area (Å²) in [6, 6.07) is 7.93. The van der Waals surface area contributed by atoms with E-state index in [4.69, 9.17) is 0 Å². The lowest BCUT2D eigenvalue weighted by Crippen LogP contribution is -2.27. The second kappa shape index (κ2) is 4.44. The van der Waals surface area contributed by atoms with E-state index in [-0.39, 0.29) is 11.3 Å². The third-order valence-corrected chi connectivity index (χ3v) is 4.30. The molecule has 1 fully saturated rings. The smallest absolute Gasteiger partial charge is 0.236 e. The quantitative estimate of drug-likeness (QED) is 0.944. The van der Waals surface area contributed by atoms with Crippen LogP contribution in [-0.2, 0) is 10.2 Å². The molecular formula is C12H10BrN3OS. The molecule has 0 bridgehead atoms. The Balaban J connectivity index is 1.82. The lowest BCUT2D eigenvalue weighted by Gasteiger charge is -2.14. The summed E-state index contributed by atoms with van der Waals surface area (Å²) in [5.41, 5.74) is 2.30. The topological polar surface area (TPSA) is 54.9 Å². The Bertz CT molecular complexity index is 564. The molecule has 0 saturated heterocycles. The molecule has 0 unspecified atom stereocenters. The molecule has 1 aromatic carbocycles. The summed E-state index contributed by atoms with van der Waals surface area (Å²) in [6.45, 7) is 0. The van der Waals surface area contributed by atoms with Crippen molar-refractivity contribution in [2.45, 2.75) is 18.3 Å². The molecule has 4 nitrogen and oxygen atoms in total. The van der Waals surface area contributed by atoms with Crippen LogP contribution in [0.5, 0.6) is 0 Å². The molecule has 6 heteroatoms. The van der Waals surface area contributed by atoms with Gasteiger partial charge in [0.15, 0.2) is 0 Å². The Morgan fingerprint density at radius 3 is 2.61 bits per heavy atom. The monoisotopic (exact) mass is 323 g/mol.